The van der Waals surface area contributed by atoms with E-state index in [1.807, 2.05) is 0 Å². The van der Waals surface area contributed by atoms with Crippen LogP contribution in [0.15, 0.2) is 57.9 Å². The number of anilines is 1. The molecule has 0 saturated heterocycles. The quantitative estimate of drug-likeness (QED) is 0.802. The van der Waals surface area contributed by atoms with Crippen molar-refractivity contribution in [1.29, 1.82) is 0 Å². The number of carbonyl (C=O) groups is 1. The van der Waals surface area contributed by atoms with E-state index in [4.69, 9.17) is 11.6 Å². The van der Waals surface area contributed by atoms with Crippen LogP contribution in [0.25, 0.3) is 0 Å². The summed E-state index contributed by atoms with van der Waals surface area (Å²) in [5.74, 6) is -1.25. The van der Waals surface area contributed by atoms with Crippen molar-refractivity contribution < 1.29 is 18.3 Å². The van der Waals surface area contributed by atoms with Crippen molar-refractivity contribution in [2.45, 2.75) is 17.9 Å². The van der Waals surface area contributed by atoms with Gasteiger partial charge in [-0.1, -0.05) is 23.7 Å². The third-order valence-corrected chi connectivity index (χ3v) is 5.99. The maximum Gasteiger partial charge on any atom is 0.327 e. The fourth-order valence-corrected chi connectivity index (χ4v) is 4.35. The molecule has 5 nitrogen and oxygen atoms in total. The van der Waals surface area contributed by atoms with Gasteiger partial charge in [0.2, 0.25) is 0 Å². The molecule has 0 amide bonds. The van der Waals surface area contributed by atoms with Gasteiger partial charge >= 0.3 is 5.97 Å². The molecule has 0 fully saturated rings. The van der Waals surface area contributed by atoms with E-state index in [-0.39, 0.29) is 10.6 Å². The first-order valence-electron chi connectivity index (χ1n) is 6.52. The summed E-state index contributed by atoms with van der Waals surface area (Å²) in [4.78, 5) is 11.4. The Morgan fingerprint density at radius 2 is 1.74 bits per heavy atom. The predicted octanol–water partition coefficient (Wildman–Crippen LogP) is 3.77. The van der Waals surface area contributed by atoms with E-state index in [2.05, 4.69) is 15.9 Å². The summed E-state index contributed by atoms with van der Waals surface area (Å²) in [5, 5.41) is 9.71. The van der Waals surface area contributed by atoms with E-state index in [1.165, 1.54) is 37.3 Å². The number of nitrogens with zero attached hydrogens (tertiary/aromatic N) is 1. The van der Waals surface area contributed by atoms with Gasteiger partial charge in [0.25, 0.3) is 10.0 Å². The first-order valence-corrected chi connectivity index (χ1v) is 9.13. The van der Waals surface area contributed by atoms with E-state index in [0.717, 1.165) is 4.31 Å². The molecule has 8 heteroatoms. The number of sulfonamides is 1. The monoisotopic (exact) mass is 417 g/mol. The van der Waals surface area contributed by atoms with Crippen molar-refractivity contribution >= 4 is 49.2 Å². The molecule has 0 saturated carbocycles. The van der Waals surface area contributed by atoms with Crippen LogP contribution >= 0.6 is 27.5 Å². The van der Waals surface area contributed by atoms with Gasteiger partial charge in [-0.15, -0.1) is 0 Å². The summed E-state index contributed by atoms with van der Waals surface area (Å²) in [5.41, 5.74) is 0.248. The van der Waals surface area contributed by atoms with Crippen LogP contribution in [-0.2, 0) is 14.8 Å². The highest BCUT2D eigenvalue weighted by atomic mass is 79.9. The van der Waals surface area contributed by atoms with Crippen molar-refractivity contribution in [1.82, 2.24) is 0 Å². The van der Waals surface area contributed by atoms with Crippen molar-refractivity contribution in [2.75, 3.05) is 4.31 Å². The Labute approximate surface area is 147 Å². The van der Waals surface area contributed by atoms with Crippen LogP contribution in [0.2, 0.25) is 5.02 Å². The molecule has 0 radical (unpaired) electrons. The third kappa shape index (κ3) is 3.68. The number of halogens is 2. The average molecular weight is 419 g/mol. The first kappa shape index (κ1) is 17.8. The van der Waals surface area contributed by atoms with Crippen LogP contribution in [0.3, 0.4) is 0 Å². The molecule has 0 aliphatic rings. The molecule has 0 aliphatic carbocycles. The molecule has 0 aliphatic heterocycles. The molecule has 2 aromatic rings. The van der Waals surface area contributed by atoms with E-state index in [0.29, 0.717) is 9.50 Å². The second-order valence-electron chi connectivity index (χ2n) is 4.72. The Balaban J connectivity index is 2.64. The van der Waals surface area contributed by atoms with E-state index < -0.39 is 22.0 Å². The van der Waals surface area contributed by atoms with Gasteiger partial charge in [0.1, 0.15) is 6.04 Å². The average Bonchev–Trinajstić information content (AvgIpc) is 2.49. The fraction of sp³-hybridized carbons (Fsp3) is 0.133. The lowest BCUT2D eigenvalue weighted by molar-refractivity contribution is -0.137. The molecule has 122 valence electrons. The Morgan fingerprint density at radius 3 is 2.26 bits per heavy atom. The maximum absolute atomic E-state index is 12.9. The molecule has 0 heterocycles. The normalized spacial score (nSPS) is 12.7. The molecule has 23 heavy (non-hydrogen) atoms. The van der Waals surface area contributed by atoms with Gasteiger partial charge in [-0.2, -0.15) is 0 Å². The Hall–Kier alpha value is -1.57. The highest BCUT2D eigenvalue weighted by Gasteiger charge is 2.34. The molecule has 1 unspecified atom stereocenters. The van der Waals surface area contributed by atoms with E-state index >= 15 is 0 Å². The summed E-state index contributed by atoms with van der Waals surface area (Å²) in [7, 11) is -4.07. The fourth-order valence-electron chi connectivity index (χ4n) is 2.00. The summed E-state index contributed by atoms with van der Waals surface area (Å²) in [6.07, 6.45) is 0. The van der Waals surface area contributed by atoms with Gasteiger partial charge in [0.15, 0.2) is 0 Å². The van der Waals surface area contributed by atoms with Crippen LogP contribution in [0.4, 0.5) is 5.69 Å². The highest BCUT2D eigenvalue weighted by molar-refractivity contribution is 9.10. The molecule has 2 rings (SSSR count). The van der Waals surface area contributed by atoms with Gasteiger partial charge in [-0.3, -0.25) is 4.31 Å². The standard InChI is InChI=1S/C15H13BrClNO4S/c1-10(15(19)20)18(14-5-3-2-4-13(14)16)23(21,22)12-8-6-11(17)7-9-12/h2-10H,1H3,(H,19,20). The number of carboxylic acid groups (broad SMARTS) is 1. The van der Waals surface area contributed by atoms with Gasteiger partial charge < -0.3 is 5.11 Å². The number of para-hydroxylation sites is 1. The maximum atomic E-state index is 12.9. The molecular weight excluding hydrogens is 406 g/mol. The largest absolute Gasteiger partial charge is 0.480 e. The highest BCUT2D eigenvalue weighted by Crippen LogP contribution is 2.32. The summed E-state index contributed by atoms with van der Waals surface area (Å²) >= 11 is 9.06. The van der Waals surface area contributed by atoms with Gasteiger partial charge in [-0.05, 0) is 59.3 Å². The smallest absolute Gasteiger partial charge is 0.327 e. The summed E-state index contributed by atoms with van der Waals surface area (Å²) in [6.45, 7) is 1.31. The Bertz CT molecular complexity index is 824. The zero-order valence-corrected chi connectivity index (χ0v) is 15.1. The van der Waals surface area contributed by atoms with Crippen molar-refractivity contribution in [3.05, 3.63) is 58.0 Å². The van der Waals surface area contributed by atoms with Crippen LogP contribution in [0.1, 0.15) is 6.92 Å². The molecule has 0 aromatic heterocycles. The van der Waals surface area contributed by atoms with Crippen molar-refractivity contribution in [3.63, 3.8) is 0 Å². The van der Waals surface area contributed by atoms with Gasteiger partial charge in [0.05, 0.1) is 10.6 Å². The zero-order chi connectivity index (χ0) is 17.2. The number of rotatable bonds is 5. The summed E-state index contributed by atoms with van der Waals surface area (Å²) < 4.78 is 27.2. The van der Waals surface area contributed by atoms with Crippen LogP contribution in [-0.4, -0.2) is 25.5 Å². The van der Waals surface area contributed by atoms with E-state index in [1.54, 1.807) is 18.2 Å². The second kappa shape index (κ2) is 6.90. The number of aliphatic carboxylic acids is 1. The first-order chi connectivity index (χ1) is 10.7. The molecule has 0 bridgehead atoms. The van der Waals surface area contributed by atoms with Gasteiger partial charge in [-0.25, -0.2) is 13.2 Å². The molecular formula is C15H13BrClNO4S. The minimum absolute atomic E-state index is 0.0363. The lowest BCUT2D eigenvalue weighted by atomic mass is 10.2. The van der Waals surface area contributed by atoms with Gasteiger partial charge in [0, 0.05) is 9.50 Å². The third-order valence-electron chi connectivity index (χ3n) is 3.17. The minimum Gasteiger partial charge on any atom is -0.480 e. The second-order valence-corrected chi connectivity index (χ2v) is 7.83. The zero-order valence-electron chi connectivity index (χ0n) is 12.0. The topological polar surface area (TPSA) is 74.7 Å². The van der Waals surface area contributed by atoms with Crippen molar-refractivity contribution in [3.8, 4) is 0 Å². The Morgan fingerprint density at radius 1 is 1.17 bits per heavy atom. The SMILES string of the molecule is CC(C(=O)O)N(c1ccccc1Br)S(=O)(=O)c1ccc(Cl)cc1. The molecule has 0 spiro atoms. The molecule has 1 N–H and O–H groups in total. The predicted molar refractivity (Wildman–Crippen MR) is 92.4 cm³/mol. The number of hydrogen-bond acceptors (Lipinski definition) is 3. The Kier molecular flexibility index (Phi) is 5.33. The van der Waals surface area contributed by atoms with Crippen LogP contribution < -0.4 is 4.31 Å². The van der Waals surface area contributed by atoms with E-state index in [9.17, 15) is 18.3 Å². The lowest BCUT2D eigenvalue weighted by Crippen LogP contribution is -2.43. The molecule has 1 atom stereocenters. The number of carboxylic acids is 1. The number of hydrogen-bond donors (Lipinski definition) is 1. The van der Waals surface area contributed by atoms with Crippen molar-refractivity contribution in [2.24, 2.45) is 0 Å². The minimum atomic E-state index is -4.07. The molecule has 2 aromatic carbocycles. The lowest BCUT2D eigenvalue weighted by Gasteiger charge is -2.28. The summed E-state index contributed by atoms with van der Waals surface area (Å²) in [6, 6.07) is 10.8. The van der Waals surface area contributed by atoms with Crippen LogP contribution in [0, 0.1) is 0 Å². The number of benzene rings is 2. The van der Waals surface area contributed by atoms with Crippen LogP contribution in [0.5, 0.6) is 0 Å².